The Morgan fingerprint density at radius 3 is 1.89 bits per heavy atom. The Morgan fingerprint density at radius 2 is 1.42 bits per heavy atom. The maximum absolute atomic E-state index is 10.8. The van der Waals surface area contributed by atoms with Gasteiger partial charge < -0.3 is 5.11 Å². The Labute approximate surface area is 119 Å². The van der Waals surface area contributed by atoms with E-state index < -0.39 is 0 Å². The van der Waals surface area contributed by atoms with Crippen molar-refractivity contribution in [3.63, 3.8) is 0 Å². The maximum atomic E-state index is 10.8. The molecule has 2 nitrogen and oxygen atoms in total. The van der Waals surface area contributed by atoms with E-state index in [9.17, 15) is 5.11 Å². The fourth-order valence-corrected chi connectivity index (χ4v) is 4.48. The quantitative estimate of drug-likeness (QED) is 0.736. The molecule has 1 saturated carbocycles. The molecule has 0 unspecified atom stereocenters. The summed E-state index contributed by atoms with van der Waals surface area (Å²) in [5, 5.41) is 10.8. The van der Waals surface area contributed by atoms with E-state index in [0.29, 0.717) is 5.41 Å². The zero-order chi connectivity index (χ0) is 13.8. The van der Waals surface area contributed by atoms with Gasteiger partial charge in [-0.05, 0) is 31.1 Å². The van der Waals surface area contributed by atoms with Crippen molar-refractivity contribution in [1.29, 1.82) is 0 Å². The van der Waals surface area contributed by atoms with Crippen molar-refractivity contribution in [3.8, 4) is 0 Å². The lowest BCUT2D eigenvalue weighted by Gasteiger charge is -2.53. The van der Waals surface area contributed by atoms with Crippen molar-refractivity contribution in [2.24, 2.45) is 5.41 Å². The van der Waals surface area contributed by atoms with Gasteiger partial charge in [0.25, 0.3) is 0 Å². The van der Waals surface area contributed by atoms with Gasteiger partial charge in [0.1, 0.15) is 0 Å². The van der Waals surface area contributed by atoms with Crippen LogP contribution in [0.4, 0.5) is 0 Å². The predicted octanol–water partition coefficient (Wildman–Crippen LogP) is 3.97. The van der Waals surface area contributed by atoms with Crippen LogP contribution < -0.4 is 0 Å². The molecule has 1 heterocycles. The van der Waals surface area contributed by atoms with Crippen LogP contribution in [0.15, 0.2) is 0 Å². The number of aliphatic hydroxyl groups is 1. The van der Waals surface area contributed by atoms with Crippen molar-refractivity contribution in [2.75, 3.05) is 19.6 Å². The molecule has 112 valence electrons. The van der Waals surface area contributed by atoms with Crippen LogP contribution in [0.2, 0.25) is 0 Å². The molecule has 1 N–H and O–H groups in total. The molecule has 0 amide bonds. The third kappa shape index (κ3) is 3.95. The van der Waals surface area contributed by atoms with Crippen molar-refractivity contribution >= 4 is 0 Å². The average molecular weight is 267 g/mol. The van der Waals surface area contributed by atoms with E-state index in [1.54, 1.807) is 0 Å². The van der Waals surface area contributed by atoms with Gasteiger partial charge in [0, 0.05) is 19.6 Å². The number of rotatable bonds is 6. The summed E-state index contributed by atoms with van der Waals surface area (Å²) in [6, 6.07) is 0. The monoisotopic (exact) mass is 267 g/mol. The van der Waals surface area contributed by atoms with Crippen molar-refractivity contribution in [1.82, 2.24) is 4.90 Å². The Morgan fingerprint density at radius 1 is 0.895 bits per heavy atom. The Balaban J connectivity index is 1.82. The zero-order valence-electron chi connectivity index (χ0n) is 13.1. The fraction of sp³-hybridized carbons (Fsp3) is 1.00. The summed E-state index contributed by atoms with van der Waals surface area (Å²) in [6.45, 7) is 8.01. The summed E-state index contributed by atoms with van der Waals surface area (Å²) < 4.78 is 0. The highest BCUT2D eigenvalue weighted by molar-refractivity contribution is 4.97. The molecule has 0 aromatic rings. The van der Waals surface area contributed by atoms with E-state index in [4.69, 9.17) is 0 Å². The van der Waals surface area contributed by atoms with Crippen molar-refractivity contribution in [3.05, 3.63) is 0 Å². The lowest BCUT2D eigenvalue weighted by Crippen LogP contribution is -2.60. The van der Waals surface area contributed by atoms with Crippen LogP contribution in [0.5, 0.6) is 0 Å². The third-order valence-electron chi connectivity index (χ3n) is 5.23. The van der Waals surface area contributed by atoms with Gasteiger partial charge in [-0.1, -0.05) is 52.4 Å². The number of likely N-dealkylation sites (tertiary alicyclic amines) is 1. The van der Waals surface area contributed by atoms with E-state index in [-0.39, 0.29) is 5.60 Å². The molecule has 0 bridgehead atoms. The second-order valence-corrected chi connectivity index (χ2v) is 7.28. The van der Waals surface area contributed by atoms with Gasteiger partial charge in [-0.15, -0.1) is 0 Å². The normalized spacial score (nSPS) is 26.7. The van der Waals surface area contributed by atoms with Crippen LogP contribution in [0.1, 0.15) is 78.1 Å². The first-order chi connectivity index (χ1) is 9.11. The first kappa shape index (κ1) is 15.3. The lowest BCUT2D eigenvalue weighted by atomic mass is 9.72. The minimum absolute atomic E-state index is 0.374. The zero-order valence-corrected chi connectivity index (χ0v) is 13.1. The predicted molar refractivity (Wildman–Crippen MR) is 81.3 cm³/mol. The third-order valence-corrected chi connectivity index (χ3v) is 5.23. The SMILES string of the molecule is CCCC1(CCC)CN(CC2(O)CCCCCC2)C1. The Kier molecular flexibility index (Phi) is 5.30. The number of hydrogen-bond acceptors (Lipinski definition) is 2. The smallest absolute Gasteiger partial charge is 0.0774 e. The molecule has 2 aliphatic rings. The summed E-state index contributed by atoms with van der Waals surface area (Å²) in [5.41, 5.74) is 0.214. The van der Waals surface area contributed by atoms with Crippen LogP contribution in [0, 0.1) is 5.41 Å². The van der Waals surface area contributed by atoms with Gasteiger partial charge in [-0.3, -0.25) is 4.90 Å². The van der Waals surface area contributed by atoms with E-state index in [2.05, 4.69) is 18.7 Å². The molecule has 1 aliphatic heterocycles. The first-order valence-electron chi connectivity index (χ1n) is 8.56. The molecule has 0 spiro atoms. The molecule has 0 aromatic carbocycles. The summed E-state index contributed by atoms with van der Waals surface area (Å²) in [5.74, 6) is 0. The topological polar surface area (TPSA) is 23.5 Å². The van der Waals surface area contributed by atoms with Gasteiger partial charge >= 0.3 is 0 Å². The summed E-state index contributed by atoms with van der Waals surface area (Å²) in [4.78, 5) is 2.52. The van der Waals surface area contributed by atoms with Gasteiger partial charge in [-0.25, -0.2) is 0 Å². The molecule has 0 aromatic heterocycles. The molecule has 2 fully saturated rings. The van der Waals surface area contributed by atoms with E-state index in [1.807, 2.05) is 0 Å². The van der Waals surface area contributed by atoms with Gasteiger partial charge in [-0.2, -0.15) is 0 Å². The van der Waals surface area contributed by atoms with Crippen LogP contribution in [-0.4, -0.2) is 35.2 Å². The van der Waals surface area contributed by atoms with Crippen molar-refractivity contribution < 1.29 is 5.11 Å². The van der Waals surface area contributed by atoms with Gasteiger partial charge in [0.2, 0.25) is 0 Å². The van der Waals surface area contributed by atoms with Crippen molar-refractivity contribution in [2.45, 2.75) is 83.7 Å². The first-order valence-corrected chi connectivity index (χ1v) is 8.56. The van der Waals surface area contributed by atoms with Gasteiger partial charge in [0.15, 0.2) is 0 Å². The number of hydrogen-bond donors (Lipinski definition) is 1. The Bertz CT molecular complexity index is 254. The second-order valence-electron chi connectivity index (χ2n) is 7.28. The standard InChI is InChI=1S/C17H33NO/c1-3-9-16(10-4-2)13-18(14-16)15-17(19)11-7-5-6-8-12-17/h19H,3-15H2,1-2H3. The molecule has 1 saturated heterocycles. The highest BCUT2D eigenvalue weighted by atomic mass is 16.3. The van der Waals surface area contributed by atoms with E-state index >= 15 is 0 Å². The second kappa shape index (κ2) is 6.58. The average Bonchev–Trinajstić information content (AvgIpc) is 2.53. The minimum Gasteiger partial charge on any atom is -0.389 e. The molecule has 19 heavy (non-hydrogen) atoms. The van der Waals surface area contributed by atoms with Crippen LogP contribution >= 0.6 is 0 Å². The molecule has 0 atom stereocenters. The number of β-amino-alcohol motifs (C(OH)–C–C–N with tert-alkyl or cyclic N) is 1. The summed E-state index contributed by atoms with van der Waals surface area (Å²) in [6.07, 6.45) is 12.5. The molecule has 2 rings (SSSR count). The maximum Gasteiger partial charge on any atom is 0.0774 e. The molecular weight excluding hydrogens is 234 g/mol. The largest absolute Gasteiger partial charge is 0.389 e. The number of nitrogens with zero attached hydrogens (tertiary/aromatic N) is 1. The lowest BCUT2D eigenvalue weighted by molar-refractivity contribution is -0.0805. The summed E-state index contributed by atoms with van der Waals surface area (Å²) in [7, 11) is 0. The van der Waals surface area contributed by atoms with Crippen LogP contribution in [0.25, 0.3) is 0 Å². The molecule has 1 aliphatic carbocycles. The van der Waals surface area contributed by atoms with Crippen LogP contribution in [-0.2, 0) is 0 Å². The summed E-state index contributed by atoms with van der Waals surface area (Å²) >= 11 is 0. The Hall–Kier alpha value is -0.0800. The molecule has 2 heteroatoms. The van der Waals surface area contributed by atoms with Crippen LogP contribution in [0.3, 0.4) is 0 Å². The van der Waals surface area contributed by atoms with E-state index in [1.165, 1.54) is 64.5 Å². The molecule has 0 radical (unpaired) electrons. The minimum atomic E-state index is -0.374. The van der Waals surface area contributed by atoms with Gasteiger partial charge in [0.05, 0.1) is 5.60 Å². The highest BCUT2D eigenvalue weighted by Gasteiger charge is 2.43. The fourth-order valence-electron chi connectivity index (χ4n) is 4.48. The van der Waals surface area contributed by atoms with E-state index in [0.717, 1.165) is 19.4 Å². The highest BCUT2D eigenvalue weighted by Crippen LogP contribution is 2.41. The molecular formula is C17H33NO.